The first-order chi connectivity index (χ1) is 42.9. The summed E-state index contributed by atoms with van der Waals surface area (Å²) in [7, 11) is 0. The van der Waals surface area contributed by atoms with Gasteiger partial charge in [-0.2, -0.15) is 0 Å². The molecule has 448 valence electrons. The quantitative estimate of drug-likeness (QED) is 0.136. The first kappa shape index (κ1) is 58.4. The number of para-hydroxylation sites is 1. The number of ether oxygens (including phenoxy) is 1. The van der Waals surface area contributed by atoms with Crippen LogP contribution in [0.3, 0.4) is 0 Å². The highest BCUT2D eigenvalue weighted by Gasteiger charge is 2.50. The minimum absolute atomic E-state index is 0.0117. The fourth-order valence-electron chi connectivity index (χ4n) is 13.6. The van der Waals surface area contributed by atoms with Crippen LogP contribution in [0.25, 0.3) is 53.2 Å². The van der Waals surface area contributed by atoms with Gasteiger partial charge in [-0.1, -0.05) is 192 Å². The zero-order chi connectivity index (χ0) is 62.8. The molecule has 0 amide bonds. The van der Waals surface area contributed by atoms with Gasteiger partial charge in [-0.15, -0.1) is 11.3 Å². The normalized spacial score (nSPS) is 14.4. The summed E-state index contributed by atoms with van der Waals surface area (Å²) in [5.74, 6) is 0.827. The molecule has 1 aliphatic rings. The standard InChI is InChI=1S/C83H74F2N2O2S/c1-79(2,3)51-21-23-55(24-22-51)83(56-31-47-64(48-32-56)88-63-45-29-54(30-46-63)82(10,11)12)67-49-69(86(61-41-33-57(84)34-42-61)59-37-25-52(26-38-59)80(4,5)6)77-73(65-17-13-15-19-71(65)89-77)75(67)76-68(83)50-70(78-74(76)66-18-14-16-20-72(66)90-78)87(62-43-35-58(85)36-44-62)60-39-27-53(28-40-60)81(7,8)9/h13-50H,1-12H3. The second kappa shape index (κ2) is 21.5. The predicted molar refractivity (Wildman–Crippen MR) is 375 cm³/mol. The molecule has 4 nitrogen and oxygen atoms in total. The van der Waals surface area contributed by atoms with Crippen LogP contribution in [-0.2, 0) is 27.1 Å². The summed E-state index contributed by atoms with van der Waals surface area (Å²) in [5, 5.41) is 4.19. The van der Waals surface area contributed by atoms with Gasteiger partial charge >= 0.3 is 0 Å². The van der Waals surface area contributed by atoms with Gasteiger partial charge in [-0.25, -0.2) is 8.78 Å². The molecule has 11 aromatic carbocycles. The van der Waals surface area contributed by atoms with E-state index in [0.717, 1.165) is 110 Å². The van der Waals surface area contributed by atoms with E-state index < -0.39 is 5.41 Å². The molecule has 1 atom stereocenters. The number of hydrogen-bond acceptors (Lipinski definition) is 5. The molecule has 0 saturated carbocycles. The number of hydrogen-bond donors (Lipinski definition) is 0. The smallest absolute Gasteiger partial charge is 0.160 e. The molecule has 14 rings (SSSR count). The SMILES string of the molecule is CC(C)(C)c1ccc(Oc2ccc(C3(c4ccc(C(C)(C)C)cc4)c4cc(N(c5ccc(F)cc5)c5ccc(C(C)(C)C)cc5)c5oc6ccccc6c5c4-c4c3cc(N(c3ccc(F)cc3)c3ccc(C(C)(C)C)cc3)c3sc5ccccc5c43)cc2)cc1. The fourth-order valence-corrected chi connectivity index (χ4v) is 14.8. The number of benzene rings is 11. The highest BCUT2D eigenvalue weighted by molar-refractivity contribution is 7.26. The molecule has 2 heterocycles. The van der Waals surface area contributed by atoms with Gasteiger partial charge < -0.3 is 19.0 Å². The van der Waals surface area contributed by atoms with Crippen LogP contribution in [0.5, 0.6) is 11.5 Å². The molecule has 0 radical (unpaired) electrons. The van der Waals surface area contributed by atoms with Gasteiger partial charge in [0, 0.05) is 49.0 Å². The average molecular weight is 1200 g/mol. The Kier molecular flexibility index (Phi) is 13.9. The van der Waals surface area contributed by atoms with Crippen LogP contribution < -0.4 is 14.5 Å². The van der Waals surface area contributed by atoms with Gasteiger partial charge in [0.05, 0.1) is 21.5 Å². The van der Waals surface area contributed by atoms with E-state index in [4.69, 9.17) is 9.15 Å². The van der Waals surface area contributed by atoms with Gasteiger partial charge in [-0.3, -0.25) is 0 Å². The van der Waals surface area contributed by atoms with Crippen LogP contribution in [0, 0.1) is 11.6 Å². The van der Waals surface area contributed by atoms with E-state index in [1.807, 2.05) is 30.3 Å². The number of fused-ring (bicyclic) bond motifs is 11. The van der Waals surface area contributed by atoms with Crippen LogP contribution in [0.1, 0.15) is 128 Å². The Morgan fingerprint density at radius 3 is 1.23 bits per heavy atom. The summed E-state index contributed by atoms with van der Waals surface area (Å²) < 4.78 is 47.2. The summed E-state index contributed by atoms with van der Waals surface area (Å²) >= 11 is 1.78. The van der Waals surface area contributed by atoms with Gasteiger partial charge in [-0.05, 0) is 199 Å². The van der Waals surface area contributed by atoms with Crippen molar-refractivity contribution in [2.45, 2.75) is 110 Å². The highest BCUT2D eigenvalue weighted by Crippen LogP contribution is 2.65. The molecular formula is C83H74F2N2O2S. The molecule has 0 spiro atoms. The van der Waals surface area contributed by atoms with Gasteiger partial charge in [0.1, 0.15) is 28.7 Å². The third-order valence-electron chi connectivity index (χ3n) is 18.4. The van der Waals surface area contributed by atoms with Gasteiger partial charge in [0.15, 0.2) is 5.58 Å². The van der Waals surface area contributed by atoms with E-state index in [-0.39, 0.29) is 33.3 Å². The maximum absolute atomic E-state index is 15.4. The van der Waals surface area contributed by atoms with Crippen LogP contribution in [0.15, 0.2) is 235 Å². The monoisotopic (exact) mass is 1200 g/mol. The molecule has 1 aliphatic carbocycles. The van der Waals surface area contributed by atoms with E-state index in [2.05, 4.69) is 269 Å². The third-order valence-corrected chi connectivity index (χ3v) is 19.6. The van der Waals surface area contributed by atoms with Gasteiger partial charge in [0.2, 0.25) is 0 Å². The number of furan rings is 1. The Bertz CT molecular complexity index is 4630. The lowest BCUT2D eigenvalue weighted by molar-refractivity contribution is 0.481. The third kappa shape index (κ3) is 9.93. The molecule has 0 bridgehead atoms. The summed E-state index contributed by atoms with van der Waals surface area (Å²) in [5.41, 5.74) is 16.4. The number of thiophene rings is 1. The van der Waals surface area contributed by atoms with Crippen molar-refractivity contribution in [1.29, 1.82) is 0 Å². The Balaban J connectivity index is 1.17. The number of nitrogens with zero attached hydrogens (tertiary/aromatic N) is 2. The second-order valence-electron chi connectivity index (χ2n) is 28.4. The minimum Gasteiger partial charge on any atom is -0.457 e. The van der Waals surface area contributed by atoms with E-state index in [1.54, 1.807) is 23.5 Å². The lowest BCUT2D eigenvalue weighted by atomic mass is 9.67. The molecule has 1 unspecified atom stereocenters. The minimum atomic E-state index is -1.07. The summed E-state index contributed by atoms with van der Waals surface area (Å²) in [6.45, 7) is 26.9. The van der Waals surface area contributed by atoms with Crippen molar-refractivity contribution in [3.05, 3.63) is 287 Å². The number of halogens is 2. The maximum Gasteiger partial charge on any atom is 0.160 e. The Morgan fingerprint density at radius 2 is 0.756 bits per heavy atom. The molecule has 0 saturated heterocycles. The zero-order valence-electron chi connectivity index (χ0n) is 53.3. The second-order valence-corrected chi connectivity index (χ2v) is 29.5. The maximum atomic E-state index is 15.4. The van der Waals surface area contributed by atoms with Crippen molar-refractivity contribution < 1.29 is 17.9 Å². The Labute approximate surface area is 531 Å². The van der Waals surface area contributed by atoms with Crippen molar-refractivity contribution in [3.8, 4) is 22.6 Å². The lowest BCUT2D eigenvalue weighted by Gasteiger charge is -2.36. The Hall–Kier alpha value is -9.30. The van der Waals surface area contributed by atoms with E-state index >= 15 is 8.78 Å². The predicted octanol–water partition coefficient (Wildman–Crippen LogP) is 24.5. The lowest BCUT2D eigenvalue weighted by Crippen LogP contribution is -2.29. The van der Waals surface area contributed by atoms with Crippen LogP contribution in [0.4, 0.5) is 42.9 Å². The fraction of sp³-hybridized carbons (Fsp3) is 0.205. The van der Waals surface area contributed by atoms with Crippen molar-refractivity contribution in [2.24, 2.45) is 0 Å². The van der Waals surface area contributed by atoms with Crippen molar-refractivity contribution in [1.82, 2.24) is 0 Å². The largest absolute Gasteiger partial charge is 0.457 e. The molecule has 90 heavy (non-hydrogen) atoms. The molecule has 13 aromatic rings. The van der Waals surface area contributed by atoms with Crippen LogP contribution >= 0.6 is 11.3 Å². The van der Waals surface area contributed by atoms with Crippen molar-refractivity contribution >= 4 is 87.6 Å². The number of rotatable bonds is 10. The van der Waals surface area contributed by atoms with E-state index in [0.29, 0.717) is 11.3 Å². The molecule has 0 fully saturated rings. The first-order valence-electron chi connectivity index (χ1n) is 31.3. The van der Waals surface area contributed by atoms with Crippen LogP contribution in [-0.4, -0.2) is 0 Å². The molecule has 0 N–H and O–H groups in total. The van der Waals surface area contributed by atoms with E-state index in [9.17, 15) is 0 Å². The van der Waals surface area contributed by atoms with E-state index in [1.165, 1.54) is 34.4 Å². The van der Waals surface area contributed by atoms with Crippen molar-refractivity contribution in [3.63, 3.8) is 0 Å². The summed E-state index contributed by atoms with van der Waals surface area (Å²) in [4.78, 5) is 4.57. The summed E-state index contributed by atoms with van der Waals surface area (Å²) in [6.07, 6.45) is 0. The summed E-state index contributed by atoms with van der Waals surface area (Å²) in [6, 6.07) is 79.9. The molecule has 2 aromatic heterocycles. The molecule has 7 heteroatoms. The first-order valence-corrected chi connectivity index (χ1v) is 32.1. The van der Waals surface area contributed by atoms with Crippen LogP contribution in [0.2, 0.25) is 0 Å². The highest BCUT2D eigenvalue weighted by atomic mass is 32.1. The average Bonchev–Trinajstić information content (AvgIpc) is 1.50. The molecule has 0 aliphatic heterocycles. The zero-order valence-corrected chi connectivity index (χ0v) is 54.1. The van der Waals surface area contributed by atoms with Crippen molar-refractivity contribution in [2.75, 3.05) is 9.80 Å². The topological polar surface area (TPSA) is 28.9 Å². The number of anilines is 6. The molecular weight excluding hydrogens is 1130 g/mol. The van der Waals surface area contributed by atoms with Gasteiger partial charge in [0.25, 0.3) is 0 Å². The Morgan fingerprint density at radius 1 is 0.389 bits per heavy atom.